The molecule has 20 nitrogen and oxygen atoms in total. The summed E-state index contributed by atoms with van der Waals surface area (Å²) in [6, 6.07) is -0.261. The van der Waals surface area contributed by atoms with Gasteiger partial charge in [-0.1, -0.05) is 5.16 Å². The Morgan fingerprint density at radius 1 is 1.09 bits per heavy atom. The molecule has 3 fully saturated rings. The van der Waals surface area contributed by atoms with E-state index < -0.39 is 101 Å². The highest BCUT2D eigenvalue weighted by Crippen LogP contribution is 2.41. The number of amides is 3. The molecule has 3 atom stereocenters. The number of ether oxygens (including phenoxy) is 1. The Morgan fingerprint density at radius 2 is 1.72 bits per heavy atom. The molecule has 1 aromatic heterocycles. The summed E-state index contributed by atoms with van der Waals surface area (Å²) in [5.41, 5.74) is -0.246. The molecule has 4 aliphatic rings. The molecule has 5 heterocycles. The number of nitrogens with two attached hydrogens (primary N) is 1. The van der Waals surface area contributed by atoms with Crippen LogP contribution in [0.1, 0.15) is 39.3 Å². The van der Waals surface area contributed by atoms with Crippen LogP contribution in [-0.4, -0.2) is 120 Å². The van der Waals surface area contributed by atoms with Gasteiger partial charge >= 0.3 is 23.6 Å². The fraction of sp³-hybridized carbons (Fsp3) is 0.346. The second-order valence-electron chi connectivity index (χ2n) is 10.9. The van der Waals surface area contributed by atoms with E-state index in [0.717, 1.165) is 23.5 Å². The van der Waals surface area contributed by atoms with E-state index >= 15 is 0 Å². The number of phenolic OH excluding ortho intramolecular Hbond substituents is 2. The van der Waals surface area contributed by atoms with Crippen LogP contribution in [0.3, 0.4) is 0 Å². The number of ketones is 1. The van der Waals surface area contributed by atoms with E-state index in [1.807, 2.05) is 0 Å². The number of nitrogens with zero attached hydrogens (tertiary/aromatic N) is 4. The van der Waals surface area contributed by atoms with Crippen molar-refractivity contribution in [2.24, 2.45) is 11.1 Å². The van der Waals surface area contributed by atoms with Crippen molar-refractivity contribution in [2.75, 3.05) is 25.4 Å². The van der Waals surface area contributed by atoms with Gasteiger partial charge in [0.1, 0.15) is 11.7 Å². The molecule has 47 heavy (non-hydrogen) atoms. The van der Waals surface area contributed by atoms with Crippen LogP contribution >= 0.6 is 11.3 Å². The summed E-state index contributed by atoms with van der Waals surface area (Å²) >= 11 is 0.940. The molecule has 4 aliphatic heterocycles. The van der Waals surface area contributed by atoms with Crippen molar-refractivity contribution >= 4 is 63.6 Å². The van der Waals surface area contributed by atoms with Gasteiger partial charge in [-0.3, -0.25) is 28.9 Å². The largest absolute Gasteiger partial charge is 0.504 e. The number of esters is 1. The van der Waals surface area contributed by atoms with Gasteiger partial charge < -0.3 is 41.1 Å². The van der Waals surface area contributed by atoms with E-state index in [9.17, 15) is 54.0 Å². The number of imide groups is 1. The zero-order valence-corrected chi connectivity index (χ0v) is 24.4. The molecule has 1 unspecified atom stereocenters. The fourth-order valence-electron chi connectivity index (χ4n) is 5.32. The number of fused-ring (bicyclic) bond motifs is 1. The standard InChI is InChI=1S/C26H22N6O14S/c27-24-29-12(6-47-24)17(30-46-25(22(40)41)7-28-8-25)16(35)1-9-5-44-32(18(9)36)26(23(42)43)4-13(21(39)45-26)31-19(37)10-2-14(33)15(34)3-11(10)20(31)38/h2-3,6,9,13,28,33-34H,1,4-5,7-8H2,(H2,27,29)(H,40,41)(H,42,43)/b30-17-/t9-,13-,26?/m0/s1. The van der Waals surface area contributed by atoms with Crippen molar-refractivity contribution in [1.82, 2.24) is 20.3 Å². The quantitative estimate of drug-likeness (QED) is 0.0523. The van der Waals surface area contributed by atoms with Crippen LogP contribution in [0.5, 0.6) is 11.5 Å². The number of hydrogen-bond acceptors (Lipinski definition) is 17. The van der Waals surface area contributed by atoms with Crippen LogP contribution in [0.25, 0.3) is 0 Å². The molecule has 0 spiro atoms. The third-order valence-corrected chi connectivity index (χ3v) is 8.61. The molecule has 1 aromatic carbocycles. The van der Waals surface area contributed by atoms with Crippen molar-refractivity contribution < 1.29 is 68.4 Å². The lowest BCUT2D eigenvalue weighted by molar-refractivity contribution is -0.256. The van der Waals surface area contributed by atoms with E-state index in [1.165, 1.54) is 5.38 Å². The molecule has 3 amide bonds. The van der Waals surface area contributed by atoms with Gasteiger partial charge in [-0.25, -0.2) is 19.4 Å². The molecule has 0 bridgehead atoms. The second kappa shape index (κ2) is 11.0. The molecule has 7 N–H and O–H groups in total. The number of aliphatic carboxylic acids is 2. The number of carbonyl (C=O) groups excluding carboxylic acids is 5. The van der Waals surface area contributed by atoms with Crippen molar-refractivity contribution in [3.63, 3.8) is 0 Å². The number of anilines is 1. The molecule has 2 aromatic rings. The number of aromatic hydroxyl groups is 2. The average molecular weight is 675 g/mol. The summed E-state index contributed by atoms with van der Waals surface area (Å²) in [6.45, 7) is -0.804. The minimum atomic E-state index is -2.87. The second-order valence-corrected chi connectivity index (χ2v) is 11.7. The number of nitrogens with one attached hydrogen (secondary N) is 1. The minimum absolute atomic E-state index is 0.0397. The maximum atomic E-state index is 13.5. The van der Waals surface area contributed by atoms with E-state index in [0.29, 0.717) is 4.90 Å². The number of rotatable bonds is 10. The Balaban J connectivity index is 1.22. The number of carboxylic acids is 2. The van der Waals surface area contributed by atoms with Crippen LogP contribution in [0.4, 0.5) is 5.13 Å². The van der Waals surface area contributed by atoms with Gasteiger partial charge in [0.25, 0.3) is 23.3 Å². The summed E-state index contributed by atoms with van der Waals surface area (Å²) in [5.74, 6) is -11.6. The summed E-state index contributed by atoms with van der Waals surface area (Å²) in [6.07, 6.45) is -1.65. The van der Waals surface area contributed by atoms with Crippen LogP contribution in [-0.2, 0) is 38.4 Å². The Morgan fingerprint density at radius 3 is 2.23 bits per heavy atom. The monoisotopic (exact) mass is 674 g/mol. The van der Waals surface area contributed by atoms with Crippen molar-refractivity contribution in [3.8, 4) is 11.5 Å². The van der Waals surface area contributed by atoms with E-state index in [2.05, 4.69) is 15.5 Å². The number of phenols is 2. The normalized spacial score (nSPS) is 25.1. The first-order chi connectivity index (χ1) is 22.2. The van der Waals surface area contributed by atoms with E-state index in [4.69, 9.17) is 20.1 Å². The molecule has 6 rings (SSSR count). The fourth-order valence-corrected chi connectivity index (χ4v) is 5.86. The highest BCUT2D eigenvalue weighted by molar-refractivity contribution is 7.13. The topological polar surface area (TPSA) is 298 Å². The lowest BCUT2D eigenvalue weighted by Gasteiger charge is -2.35. The number of carbonyl (C=O) groups is 7. The third-order valence-electron chi connectivity index (χ3n) is 7.94. The highest BCUT2D eigenvalue weighted by atomic mass is 32.1. The van der Waals surface area contributed by atoms with Gasteiger partial charge in [0.15, 0.2) is 28.1 Å². The van der Waals surface area contributed by atoms with Crippen molar-refractivity contribution in [1.29, 1.82) is 0 Å². The Labute approximate surface area is 264 Å². The molecule has 21 heteroatoms. The molecular weight excluding hydrogens is 652 g/mol. The number of Topliss-reactive ketones (excluding diaryl/α,β-unsaturated/α-hetero) is 1. The van der Waals surface area contributed by atoms with Crippen molar-refractivity contribution in [3.05, 3.63) is 34.3 Å². The number of oxime groups is 1. The van der Waals surface area contributed by atoms with Crippen LogP contribution < -0.4 is 11.1 Å². The summed E-state index contributed by atoms with van der Waals surface area (Å²) in [7, 11) is 0. The SMILES string of the molecule is Nc1nc(/C(=N/OC2(C(=O)O)CNC2)C(=O)C[C@H]2CON(C3(C(=O)O)C[C@H](N4C(=O)c5cc(O)c(O)cc5C4=O)C(=O)O3)C2=O)cs1. The maximum absolute atomic E-state index is 13.5. The van der Waals surface area contributed by atoms with Crippen molar-refractivity contribution in [2.45, 2.75) is 30.2 Å². The van der Waals surface area contributed by atoms with Crippen LogP contribution in [0.2, 0.25) is 0 Å². The number of benzene rings is 1. The molecule has 3 saturated heterocycles. The molecule has 246 valence electrons. The first kappa shape index (κ1) is 31.3. The number of nitrogen functional groups attached to an aromatic ring is 1. The van der Waals surface area contributed by atoms with Crippen LogP contribution in [0.15, 0.2) is 22.7 Å². The Kier molecular flexibility index (Phi) is 7.33. The Hall–Kier alpha value is -5.67. The van der Waals surface area contributed by atoms with E-state index in [1.54, 1.807) is 0 Å². The summed E-state index contributed by atoms with van der Waals surface area (Å²) < 4.78 is 5.11. The maximum Gasteiger partial charge on any atom is 0.372 e. The van der Waals surface area contributed by atoms with Gasteiger partial charge in [-0.2, -0.15) is 5.06 Å². The number of aromatic nitrogens is 1. The molecular formula is C26H22N6O14S. The lowest BCUT2D eigenvalue weighted by atomic mass is 9.97. The summed E-state index contributed by atoms with van der Waals surface area (Å²) in [5, 5.41) is 47.3. The highest BCUT2D eigenvalue weighted by Gasteiger charge is 2.65. The zero-order valence-electron chi connectivity index (χ0n) is 23.6. The van der Waals surface area contributed by atoms with Gasteiger partial charge in [-0.15, -0.1) is 11.3 Å². The third kappa shape index (κ3) is 4.87. The first-order valence-electron chi connectivity index (χ1n) is 13.5. The average Bonchev–Trinajstić information content (AvgIpc) is 3.72. The number of thiazole rings is 1. The van der Waals surface area contributed by atoms with Gasteiger partial charge in [-0.05, 0) is 12.1 Å². The lowest BCUT2D eigenvalue weighted by Crippen LogP contribution is -2.65. The number of cyclic esters (lactones) is 1. The van der Waals surface area contributed by atoms with Gasteiger partial charge in [0.05, 0.1) is 43.2 Å². The van der Waals surface area contributed by atoms with Gasteiger partial charge in [0, 0.05) is 11.8 Å². The molecule has 0 radical (unpaired) electrons. The minimum Gasteiger partial charge on any atom is -0.504 e. The predicted molar refractivity (Wildman–Crippen MR) is 148 cm³/mol. The molecule has 0 aliphatic carbocycles. The first-order valence-corrected chi connectivity index (χ1v) is 14.4. The Bertz CT molecular complexity index is 1780. The number of carboxylic acid groups (broad SMARTS) is 2. The van der Waals surface area contributed by atoms with E-state index in [-0.39, 0.29) is 40.1 Å². The van der Waals surface area contributed by atoms with Crippen LogP contribution in [0, 0.1) is 5.92 Å². The molecule has 0 saturated carbocycles. The smallest absolute Gasteiger partial charge is 0.372 e. The number of hydrogen-bond donors (Lipinski definition) is 6. The number of hydroxylamine groups is 2. The summed E-state index contributed by atoms with van der Waals surface area (Å²) in [4.78, 5) is 105. The van der Waals surface area contributed by atoms with Gasteiger partial charge in [0.2, 0.25) is 0 Å². The predicted octanol–water partition coefficient (Wildman–Crippen LogP) is -1.97. The zero-order chi connectivity index (χ0) is 34.0.